The van der Waals surface area contributed by atoms with Crippen molar-refractivity contribution in [2.45, 2.75) is 19.9 Å². The number of nitrogens with one attached hydrogen (secondary N) is 2. The second-order valence-electron chi connectivity index (χ2n) is 7.54. The van der Waals surface area contributed by atoms with Gasteiger partial charge in [0.05, 0.1) is 6.54 Å². The van der Waals surface area contributed by atoms with E-state index >= 15 is 0 Å². The second kappa shape index (κ2) is 8.82. The number of anilines is 2. The van der Waals surface area contributed by atoms with E-state index in [4.69, 9.17) is 0 Å². The van der Waals surface area contributed by atoms with Gasteiger partial charge in [0.25, 0.3) is 5.91 Å². The number of hydrogen-bond acceptors (Lipinski definition) is 3. The van der Waals surface area contributed by atoms with Crippen LogP contribution in [0.3, 0.4) is 0 Å². The molecule has 1 aliphatic rings. The maximum Gasteiger partial charge on any atom is 0.258 e. The van der Waals surface area contributed by atoms with Crippen molar-refractivity contribution in [3.8, 4) is 0 Å². The zero-order valence-electron chi connectivity index (χ0n) is 17.0. The zero-order valence-corrected chi connectivity index (χ0v) is 17.0. The molecule has 0 fully saturated rings. The number of fused-ring (bicyclic) bond motifs is 1. The fourth-order valence-corrected chi connectivity index (χ4v) is 3.73. The van der Waals surface area contributed by atoms with Crippen molar-refractivity contribution in [3.63, 3.8) is 0 Å². The third-order valence-corrected chi connectivity index (χ3v) is 5.27. The molecule has 1 heterocycles. The quantitative estimate of drug-likeness (QED) is 0.660. The first-order chi connectivity index (χ1) is 14.6. The molecule has 0 aromatic heterocycles. The van der Waals surface area contributed by atoms with Gasteiger partial charge in [0.15, 0.2) is 0 Å². The number of para-hydroxylation sites is 1. The van der Waals surface area contributed by atoms with E-state index in [-0.39, 0.29) is 18.4 Å². The van der Waals surface area contributed by atoms with Crippen LogP contribution in [-0.4, -0.2) is 24.9 Å². The van der Waals surface area contributed by atoms with Crippen molar-refractivity contribution in [1.29, 1.82) is 0 Å². The largest absolute Gasteiger partial charge is 0.376 e. The number of carbonyl (C=O) groups excluding carboxylic acids is 2. The smallest absolute Gasteiger partial charge is 0.258 e. The van der Waals surface area contributed by atoms with E-state index in [9.17, 15) is 9.59 Å². The molecule has 0 aliphatic carbocycles. The van der Waals surface area contributed by atoms with E-state index in [1.54, 1.807) is 6.07 Å². The minimum absolute atomic E-state index is 0.0208. The Kier molecular flexibility index (Phi) is 5.80. The van der Waals surface area contributed by atoms with E-state index < -0.39 is 0 Å². The fraction of sp³-hybridized carbons (Fsp3) is 0.200. The molecule has 0 atom stereocenters. The van der Waals surface area contributed by atoms with Crippen LogP contribution in [-0.2, 0) is 17.8 Å². The first kappa shape index (κ1) is 19.7. The number of rotatable bonds is 6. The monoisotopic (exact) mass is 399 g/mol. The molecule has 2 N–H and O–H groups in total. The lowest BCUT2D eigenvalue weighted by Crippen LogP contribution is -2.30. The molecule has 2 amide bonds. The highest BCUT2D eigenvalue weighted by atomic mass is 16.2. The SMILES string of the molecule is Cc1cccc(CNC(=O)CNc2cccc(C(=O)N3CCc4ccccc43)c2)c1. The maximum atomic E-state index is 13.0. The van der Waals surface area contributed by atoms with Crippen molar-refractivity contribution < 1.29 is 9.59 Å². The Hall–Kier alpha value is -3.60. The normalized spacial score (nSPS) is 12.4. The lowest BCUT2D eigenvalue weighted by atomic mass is 10.1. The van der Waals surface area contributed by atoms with Crippen molar-refractivity contribution in [3.05, 3.63) is 95.1 Å². The lowest BCUT2D eigenvalue weighted by molar-refractivity contribution is -0.119. The van der Waals surface area contributed by atoms with Gasteiger partial charge in [-0.1, -0.05) is 54.1 Å². The van der Waals surface area contributed by atoms with Gasteiger partial charge >= 0.3 is 0 Å². The summed E-state index contributed by atoms with van der Waals surface area (Å²) in [5.41, 5.74) is 5.78. The summed E-state index contributed by atoms with van der Waals surface area (Å²) in [7, 11) is 0. The lowest BCUT2D eigenvalue weighted by Gasteiger charge is -2.18. The van der Waals surface area contributed by atoms with Gasteiger partial charge in [-0.05, 0) is 48.7 Å². The standard InChI is InChI=1S/C25H25N3O2/c1-18-6-4-7-19(14-18)16-27-24(29)17-26-22-10-5-9-21(15-22)25(30)28-13-12-20-8-2-3-11-23(20)28/h2-11,14-15,26H,12-13,16-17H2,1H3,(H,27,29). The van der Waals surface area contributed by atoms with Gasteiger partial charge in [-0.3, -0.25) is 9.59 Å². The Morgan fingerprint density at radius 3 is 2.67 bits per heavy atom. The van der Waals surface area contributed by atoms with E-state index in [0.29, 0.717) is 18.7 Å². The van der Waals surface area contributed by atoms with Gasteiger partial charge in [0.1, 0.15) is 0 Å². The molecule has 1 aliphatic heterocycles. The molecule has 3 aromatic rings. The average molecular weight is 399 g/mol. The number of carbonyl (C=O) groups is 2. The highest BCUT2D eigenvalue weighted by Gasteiger charge is 2.25. The molecule has 0 bridgehead atoms. The number of hydrogen-bond donors (Lipinski definition) is 2. The molecule has 5 heteroatoms. The molecule has 3 aromatic carbocycles. The second-order valence-corrected chi connectivity index (χ2v) is 7.54. The molecule has 4 rings (SSSR count). The highest BCUT2D eigenvalue weighted by Crippen LogP contribution is 2.29. The number of aryl methyl sites for hydroxylation is 1. The number of nitrogens with zero attached hydrogens (tertiary/aromatic N) is 1. The van der Waals surface area contributed by atoms with E-state index in [1.165, 1.54) is 11.1 Å². The van der Waals surface area contributed by atoms with Crippen LogP contribution in [0.4, 0.5) is 11.4 Å². The van der Waals surface area contributed by atoms with Gasteiger partial charge in [-0.15, -0.1) is 0 Å². The van der Waals surface area contributed by atoms with Gasteiger partial charge in [0.2, 0.25) is 5.91 Å². The Bertz CT molecular complexity index is 1080. The van der Waals surface area contributed by atoms with Gasteiger partial charge in [-0.25, -0.2) is 0 Å². The molecule has 152 valence electrons. The van der Waals surface area contributed by atoms with E-state index in [0.717, 1.165) is 23.4 Å². The van der Waals surface area contributed by atoms with Crippen molar-refractivity contribution in [1.82, 2.24) is 5.32 Å². The molecular formula is C25H25N3O2. The first-order valence-corrected chi connectivity index (χ1v) is 10.2. The summed E-state index contributed by atoms with van der Waals surface area (Å²) in [6.07, 6.45) is 0.876. The Morgan fingerprint density at radius 1 is 0.967 bits per heavy atom. The molecular weight excluding hydrogens is 374 g/mol. The molecule has 0 spiro atoms. The predicted octanol–water partition coefficient (Wildman–Crippen LogP) is 3.93. The number of amides is 2. The van der Waals surface area contributed by atoms with Crippen LogP contribution in [0.5, 0.6) is 0 Å². The van der Waals surface area contributed by atoms with Gasteiger partial charge in [0, 0.05) is 30.0 Å². The highest BCUT2D eigenvalue weighted by molar-refractivity contribution is 6.07. The zero-order chi connectivity index (χ0) is 20.9. The van der Waals surface area contributed by atoms with Crippen LogP contribution < -0.4 is 15.5 Å². The van der Waals surface area contributed by atoms with Crippen LogP contribution in [0.25, 0.3) is 0 Å². The summed E-state index contributed by atoms with van der Waals surface area (Å²) in [5, 5.41) is 6.03. The summed E-state index contributed by atoms with van der Waals surface area (Å²) < 4.78 is 0. The van der Waals surface area contributed by atoms with E-state index in [1.807, 2.05) is 66.4 Å². The molecule has 0 saturated heterocycles. The Labute approximate surface area is 176 Å². The van der Waals surface area contributed by atoms with Crippen LogP contribution in [0, 0.1) is 6.92 Å². The summed E-state index contributed by atoms with van der Waals surface area (Å²) in [4.78, 5) is 27.0. The van der Waals surface area contributed by atoms with Crippen LogP contribution in [0.2, 0.25) is 0 Å². The summed E-state index contributed by atoms with van der Waals surface area (Å²) in [6, 6.07) is 23.4. The predicted molar refractivity (Wildman–Crippen MR) is 120 cm³/mol. The first-order valence-electron chi connectivity index (χ1n) is 10.2. The number of benzene rings is 3. The molecule has 0 radical (unpaired) electrons. The molecule has 30 heavy (non-hydrogen) atoms. The summed E-state index contributed by atoms with van der Waals surface area (Å²) in [6.45, 7) is 3.37. The molecule has 5 nitrogen and oxygen atoms in total. The summed E-state index contributed by atoms with van der Waals surface area (Å²) in [5.74, 6) is -0.116. The minimum Gasteiger partial charge on any atom is -0.376 e. The van der Waals surface area contributed by atoms with E-state index in [2.05, 4.69) is 22.8 Å². The Morgan fingerprint density at radius 2 is 1.80 bits per heavy atom. The van der Waals surface area contributed by atoms with Gasteiger partial charge in [-0.2, -0.15) is 0 Å². The summed E-state index contributed by atoms with van der Waals surface area (Å²) >= 11 is 0. The fourth-order valence-electron chi connectivity index (χ4n) is 3.73. The topological polar surface area (TPSA) is 61.4 Å². The molecule has 0 unspecified atom stereocenters. The van der Waals surface area contributed by atoms with Crippen molar-refractivity contribution >= 4 is 23.2 Å². The maximum absolute atomic E-state index is 13.0. The third kappa shape index (κ3) is 4.51. The third-order valence-electron chi connectivity index (χ3n) is 5.27. The van der Waals surface area contributed by atoms with Crippen molar-refractivity contribution in [2.75, 3.05) is 23.3 Å². The van der Waals surface area contributed by atoms with Gasteiger partial charge < -0.3 is 15.5 Å². The van der Waals surface area contributed by atoms with Crippen molar-refractivity contribution in [2.24, 2.45) is 0 Å². The minimum atomic E-state index is -0.0956. The average Bonchev–Trinajstić information content (AvgIpc) is 3.20. The van der Waals surface area contributed by atoms with Crippen LogP contribution >= 0.6 is 0 Å². The Balaban J connectivity index is 1.34. The van der Waals surface area contributed by atoms with Crippen LogP contribution in [0.15, 0.2) is 72.8 Å². The molecule has 0 saturated carbocycles. The van der Waals surface area contributed by atoms with Crippen LogP contribution in [0.1, 0.15) is 27.0 Å².